The summed E-state index contributed by atoms with van der Waals surface area (Å²) in [6, 6.07) is 22.9. The summed E-state index contributed by atoms with van der Waals surface area (Å²) in [5.41, 5.74) is 8.07. The van der Waals surface area contributed by atoms with Crippen LogP contribution in [-0.2, 0) is 4.84 Å². The highest BCUT2D eigenvalue weighted by atomic mass is 16.6. The summed E-state index contributed by atoms with van der Waals surface area (Å²) in [4.78, 5) is 6.06. The Hall–Kier alpha value is -3.07. The van der Waals surface area contributed by atoms with Crippen LogP contribution in [0.1, 0.15) is 45.4 Å². The number of hydrogen-bond acceptors (Lipinski definition) is 3. The van der Waals surface area contributed by atoms with E-state index in [2.05, 4.69) is 68.4 Å². The van der Waals surface area contributed by atoms with Gasteiger partial charge in [-0.05, 0) is 43.5 Å². The molecule has 0 radical (unpaired) electrons. The number of hydrogen-bond donors (Lipinski definition) is 0. The first-order valence-corrected chi connectivity index (χ1v) is 9.60. The number of para-hydroxylation sites is 1. The Morgan fingerprint density at radius 3 is 2.18 bits per heavy atom. The topological polar surface area (TPSA) is 30.8 Å². The van der Waals surface area contributed by atoms with Gasteiger partial charge in [-0.1, -0.05) is 71.4 Å². The maximum Gasteiger partial charge on any atom is 0.168 e. The SMILES string of the molecule is COc1ccccc1[C@H]1ON=C(c2c(C)cc(C)cc2C)[C@@H]1c1ccccc1. The van der Waals surface area contributed by atoms with Crippen molar-refractivity contribution in [3.8, 4) is 5.75 Å². The fraction of sp³-hybridized carbons (Fsp3) is 0.240. The zero-order chi connectivity index (χ0) is 19.7. The number of aryl methyl sites for hydroxylation is 3. The number of benzene rings is 3. The normalized spacial score (nSPS) is 18.5. The fourth-order valence-electron chi connectivity index (χ4n) is 4.29. The lowest BCUT2D eigenvalue weighted by Crippen LogP contribution is -2.19. The van der Waals surface area contributed by atoms with Gasteiger partial charge < -0.3 is 9.57 Å². The van der Waals surface area contributed by atoms with Crippen molar-refractivity contribution < 1.29 is 9.57 Å². The number of rotatable bonds is 4. The predicted molar refractivity (Wildman–Crippen MR) is 113 cm³/mol. The van der Waals surface area contributed by atoms with Crippen LogP contribution in [0.5, 0.6) is 5.75 Å². The first-order chi connectivity index (χ1) is 13.6. The average molecular weight is 371 g/mol. The summed E-state index contributed by atoms with van der Waals surface area (Å²) in [6.07, 6.45) is -0.228. The highest BCUT2D eigenvalue weighted by molar-refractivity contribution is 6.08. The maximum atomic E-state index is 6.06. The van der Waals surface area contributed by atoms with Crippen molar-refractivity contribution in [2.24, 2.45) is 5.16 Å². The van der Waals surface area contributed by atoms with Gasteiger partial charge in [-0.3, -0.25) is 0 Å². The maximum absolute atomic E-state index is 6.06. The fourth-order valence-corrected chi connectivity index (χ4v) is 4.29. The third-order valence-corrected chi connectivity index (χ3v) is 5.40. The van der Waals surface area contributed by atoms with Crippen LogP contribution >= 0.6 is 0 Å². The van der Waals surface area contributed by atoms with Crippen molar-refractivity contribution >= 4 is 5.71 Å². The molecule has 0 aromatic heterocycles. The number of methoxy groups -OCH3 is 1. The molecule has 3 heteroatoms. The molecule has 0 bridgehead atoms. The van der Waals surface area contributed by atoms with Crippen LogP contribution in [0, 0.1) is 20.8 Å². The molecule has 3 nitrogen and oxygen atoms in total. The van der Waals surface area contributed by atoms with Gasteiger partial charge in [0.1, 0.15) is 5.75 Å². The zero-order valence-electron chi connectivity index (χ0n) is 16.8. The number of ether oxygens (including phenoxy) is 1. The predicted octanol–water partition coefficient (Wildman–Crippen LogP) is 5.88. The molecule has 3 aromatic rings. The third-order valence-electron chi connectivity index (χ3n) is 5.40. The van der Waals surface area contributed by atoms with E-state index in [1.54, 1.807) is 7.11 Å². The van der Waals surface area contributed by atoms with Gasteiger partial charge in [0.15, 0.2) is 6.10 Å². The molecule has 0 N–H and O–H groups in total. The summed E-state index contributed by atoms with van der Waals surface area (Å²) >= 11 is 0. The molecule has 0 fully saturated rings. The Labute approximate surface area is 166 Å². The molecule has 0 saturated heterocycles. The number of nitrogens with zero attached hydrogens (tertiary/aromatic N) is 1. The Morgan fingerprint density at radius 2 is 1.50 bits per heavy atom. The van der Waals surface area contributed by atoms with Gasteiger partial charge in [-0.15, -0.1) is 0 Å². The Morgan fingerprint density at radius 1 is 0.857 bits per heavy atom. The van der Waals surface area contributed by atoms with Gasteiger partial charge in [0.25, 0.3) is 0 Å². The lowest BCUT2D eigenvalue weighted by atomic mass is 9.80. The second kappa shape index (κ2) is 7.51. The van der Waals surface area contributed by atoms with E-state index >= 15 is 0 Å². The molecular formula is C25H25NO2. The van der Waals surface area contributed by atoms with Gasteiger partial charge in [0.2, 0.25) is 0 Å². The summed E-state index contributed by atoms with van der Waals surface area (Å²) in [6.45, 7) is 6.43. The molecule has 1 aliphatic rings. The van der Waals surface area contributed by atoms with Crippen LogP contribution in [0.3, 0.4) is 0 Å². The van der Waals surface area contributed by atoms with Gasteiger partial charge in [0.05, 0.1) is 18.7 Å². The molecule has 0 unspecified atom stereocenters. The van der Waals surface area contributed by atoms with Gasteiger partial charge >= 0.3 is 0 Å². The summed E-state index contributed by atoms with van der Waals surface area (Å²) < 4.78 is 5.62. The van der Waals surface area contributed by atoms with E-state index in [-0.39, 0.29) is 12.0 Å². The first-order valence-electron chi connectivity index (χ1n) is 9.60. The third kappa shape index (κ3) is 3.18. The summed E-state index contributed by atoms with van der Waals surface area (Å²) in [7, 11) is 1.70. The molecule has 28 heavy (non-hydrogen) atoms. The van der Waals surface area contributed by atoms with E-state index < -0.39 is 0 Å². The van der Waals surface area contributed by atoms with E-state index in [4.69, 9.17) is 9.57 Å². The molecule has 142 valence electrons. The van der Waals surface area contributed by atoms with Crippen molar-refractivity contribution in [1.29, 1.82) is 0 Å². The molecular weight excluding hydrogens is 346 g/mol. The van der Waals surface area contributed by atoms with E-state index in [9.17, 15) is 0 Å². The molecule has 0 saturated carbocycles. The largest absolute Gasteiger partial charge is 0.496 e. The Kier molecular flexibility index (Phi) is 4.91. The summed E-state index contributed by atoms with van der Waals surface area (Å²) in [5, 5.41) is 4.61. The molecule has 1 aliphatic heterocycles. The molecule has 2 atom stereocenters. The standard InChI is InChI=1S/C25H25NO2/c1-16-14-17(2)22(18(3)15-16)24-23(19-10-6-5-7-11-19)25(28-26-24)20-12-8-9-13-21(20)27-4/h5-15,23,25H,1-4H3/t23-,25+/m0/s1. The smallest absolute Gasteiger partial charge is 0.168 e. The molecule has 0 aliphatic carbocycles. The minimum atomic E-state index is -0.228. The summed E-state index contributed by atoms with van der Waals surface area (Å²) in [5.74, 6) is 0.819. The Bertz CT molecular complexity index is 1000. The van der Waals surface area contributed by atoms with Crippen molar-refractivity contribution in [2.75, 3.05) is 7.11 Å². The van der Waals surface area contributed by atoms with Crippen LogP contribution in [0.2, 0.25) is 0 Å². The van der Waals surface area contributed by atoms with E-state index in [1.807, 2.05) is 24.3 Å². The van der Waals surface area contributed by atoms with Crippen LogP contribution in [-0.4, -0.2) is 12.8 Å². The zero-order valence-corrected chi connectivity index (χ0v) is 16.8. The van der Waals surface area contributed by atoms with Gasteiger partial charge in [-0.2, -0.15) is 0 Å². The second-order valence-electron chi connectivity index (χ2n) is 7.41. The monoisotopic (exact) mass is 371 g/mol. The van der Waals surface area contributed by atoms with E-state index in [0.29, 0.717) is 0 Å². The van der Waals surface area contributed by atoms with Crippen molar-refractivity contribution in [2.45, 2.75) is 32.8 Å². The highest BCUT2D eigenvalue weighted by Gasteiger charge is 2.39. The van der Waals surface area contributed by atoms with Crippen molar-refractivity contribution in [3.05, 3.63) is 100 Å². The first kappa shape index (κ1) is 18.3. The minimum absolute atomic E-state index is 0.00222. The van der Waals surface area contributed by atoms with Crippen molar-refractivity contribution in [3.63, 3.8) is 0 Å². The molecule has 4 rings (SSSR count). The number of oxime groups is 1. The highest BCUT2D eigenvalue weighted by Crippen LogP contribution is 2.45. The lowest BCUT2D eigenvalue weighted by molar-refractivity contribution is 0.0743. The van der Waals surface area contributed by atoms with Crippen LogP contribution in [0.25, 0.3) is 0 Å². The quantitative estimate of drug-likeness (QED) is 0.573. The average Bonchev–Trinajstić information content (AvgIpc) is 3.12. The lowest BCUT2D eigenvalue weighted by Gasteiger charge is -2.23. The van der Waals surface area contributed by atoms with Crippen LogP contribution in [0.4, 0.5) is 0 Å². The molecule has 1 heterocycles. The second-order valence-corrected chi connectivity index (χ2v) is 7.41. The molecule has 0 amide bonds. The van der Waals surface area contributed by atoms with Gasteiger partial charge in [-0.25, -0.2) is 0 Å². The molecule has 3 aromatic carbocycles. The molecule has 0 spiro atoms. The minimum Gasteiger partial charge on any atom is -0.496 e. The van der Waals surface area contributed by atoms with Gasteiger partial charge in [0, 0.05) is 11.1 Å². The Balaban J connectivity index is 1.87. The van der Waals surface area contributed by atoms with E-state index in [0.717, 1.165) is 17.0 Å². The van der Waals surface area contributed by atoms with Crippen LogP contribution in [0.15, 0.2) is 71.9 Å². The van der Waals surface area contributed by atoms with Crippen molar-refractivity contribution in [1.82, 2.24) is 0 Å². The van der Waals surface area contributed by atoms with E-state index in [1.165, 1.54) is 27.8 Å². The van der Waals surface area contributed by atoms with Crippen LogP contribution < -0.4 is 4.74 Å².